The van der Waals surface area contributed by atoms with Crippen LogP contribution in [0.5, 0.6) is 0 Å². The molecule has 0 unspecified atom stereocenters. The lowest BCUT2D eigenvalue weighted by Crippen LogP contribution is -2.27. The van der Waals surface area contributed by atoms with E-state index in [1.807, 2.05) is 31.3 Å². The van der Waals surface area contributed by atoms with Crippen LogP contribution in [0, 0.1) is 0 Å². The number of anilines is 1. The number of rotatable bonds is 4. The van der Waals surface area contributed by atoms with Crippen LogP contribution >= 0.6 is 15.9 Å². The van der Waals surface area contributed by atoms with Crippen molar-refractivity contribution in [1.29, 1.82) is 0 Å². The summed E-state index contributed by atoms with van der Waals surface area (Å²) in [4.78, 5) is 26.4. The van der Waals surface area contributed by atoms with Gasteiger partial charge >= 0.3 is 11.9 Å². The number of allylic oxidation sites excluding steroid dienone is 2. The molecule has 0 N–H and O–H groups in total. The minimum Gasteiger partial charge on any atom is -0.465 e. The molecule has 0 spiro atoms. The third-order valence-corrected chi connectivity index (χ3v) is 4.76. The molecular formula is C20H18BrN3O4. The molecule has 0 fully saturated rings. The van der Waals surface area contributed by atoms with Gasteiger partial charge in [-0.2, -0.15) is 5.10 Å². The summed E-state index contributed by atoms with van der Waals surface area (Å²) >= 11 is 3.51. The predicted molar refractivity (Wildman–Crippen MR) is 108 cm³/mol. The van der Waals surface area contributed by atoms with Gasteiger partial charge in [-0.05, 0) is 40.2 Å². The van der Waals surface area contributed by atoms with E-state index < -0.39 is 11.9 Å². The zero-order valence-electron chi connectivity index (χ0n) is 15.5. The number of halogens is 1. The van der Waals surface area contributed by atoms with Crippen molar-refractivity contribution in [2.45, 2.75) is 0 Å². The van der Waals surface area contributed by atoms with E-state index >= 15 is 0 Å². The monoisotopic (exact) mass is 443 g/mol. The maximum atomic E-state index is 12.5. The van der Waals surface area contributed by atoms with Gasteiger partial charge in [-0.3, -0.25) is 4.68 Å². The first kappa shape index (κ1) is 19.6. The summed E-state index contributed by atoms with van der Waals surface area (Å²) in [5.74, 6) is -1.28. The molecule has 0 amide bonds. The standard InChI is InChI=1S/C20H18BrN3O4/c1-23-17(16(21)12-22-23)13-7-6-8-14(11-13)24-10-5-4-9-15(19(25)27-2)18(24)20(26)28-3/h4-12H,1-3H3. The number of ether oxygens (including phenoxy) is 2. The number of nitrogens with zero attached hydrogens (tertiary/aromatic N) is 3. The maximum Gasteiger partial charge on any atom is 0.355 e. The Kier molecular flexibility index (Phi) is 5.79. The second kappa shape index (κ2) is 8.26. The van der Waals surface area contributed by atoms with Gasteiger partial charge in [0.15, 0.2) is 0 Å². The molecule has 2 heterocycles. The molecule has 3 rings (SSSR count). The number of esters is 2. The fourth-order valence-electron chi connectivity index (χ4n) is 2.90. The molecule has 0 radical (unpaired) electrons. The van der Waals surface area contributed by atoms with Gasteiger partial charge in [-0.15, -0.1) is 0 Å². The smallest absolute Gasteiger partial charge is 0.355 e. The van der Waals surface area contributed by atoms with Gasteiger partial charge in [0.25, 0.3) is 0 Å². The highest BCUT2D eigenvalue weighted by atomic mass is 79.9. The van der Waals surface area contributed by atoms with Gasteiger partial charge in [-0.1, -0.05) is 18.2 Å². The first-order valence-electron chi connectivity index (χ1n) is 8.31. The highest BCUT2D eigenvalue weighted by molar-refractivity contribution is 9.10. The second-order valence-corrected chi connectivity index (χ2v) is 6.69. The molecular weight excluding hydrogens is 426 g/mol. The Balaban J connectivity index is 2.17. The van der Waals surface area contributed by atoms with Crippen molar-refractivity contribution in [2.24, 2.45) is 7.05 Å². The number of methoxy groups -OCH3 is 2. The van der Waals surface area contributed by atoms with E-state index in [1.54, 1.807) is 34.1 Å². The summed E-state index contributed by atoms with van der Waals surface area (Å²) in [6, 6.07) is 7.54. The number of aromatic nitrogens is 2. The molecule has 8 heteroatoms. The van der Waals surface area contributed by atoms with Crippen molar-refractivity contribution in [2.75, 3.05) is 19.1 Å². The molecule has 0 saturated heterocycles. The minimum atomic E-state index is -0.649. The Morgan fingerprint density at radius 2 is 1.86 bits per heavy atom. The Hall–Kier alpha value is -3.13. The Labute approximate surface area is 170 Å². The predicted octanol–water partition coefficient (Wildman–Crippen LogP) is 3.34. The molecule has 2 aromatic rings. The van der Waals surface area contributed by atoms with Gasteiger partial charge in [0.05, 0.1) is 36.2 Å². The van der Waals surface area contributed by atoms with Crippen LogP contribution in [0.25, 0.3) is 11.3 Å². The third-order valence-electron chi connectivity index (χ3n) is 4.18. The number of carbonyl (C=O) groups excluding carboxylic acids is 2. The van der Waals surface area contributed by atoms with Crippen LogP contribution in [0.4, 0.5) is 5.69 Å². The number of aryl methyl sites for hydroxylation is 1. The van der Waals surface area contributed by atoms with Crippen LogP contribution in [0.1, 0.15) is 0 Å². The molecule has 1 aliphatic heterocycles. The van der Waals surface area contributed by atoms with E-state index in [0.717, 1.165) is 15.7 Å². The van der Waals surface area contributed by atoms with Crippen molar-refractivity contribution >= 4 is 33.6 Å². The quantitative estimate of drug-likeness (QED) is 0.674. The molecule has 1 aliphatic rings. The lowest BCUT2D eigenvalue weighted by Gasteiger charge is -2.23. The molecule has 28 heavy (non-hydrogen) atoms. The Morgan fingerprint density at radius 3 is 2.50 bits per heavy atom. The van der Waals surface area contributed by atoms with E-state index in [1.165, 1.54) is 20.3 Å². The number of benzene rings is 1. The van der Waals surface area contributed by atoms with Gasteiger partial charge in [-0.25, -0.2) is 9.59 Å². The zero-order valence-corrected chi connectivity index (χ0v) is 17.1. The second-order valence-electron chi connectivity index (χ2n) is 5.83. The average molecular weight is 444 g/mol. The summed E-state index contributed by atoms with van der Waals surface area (Å²) in [5, 5.41) is 4.24. The minimum absolute atomic E-state index is 0.0700. The topological polar surface area (TPSA) is 73.7 Å². The molecule has 0 saturated carbocycles. The first-order chi connectivity index (χ1) is 13.5. The first-order valence-corrected chi connectivity index (χ1v) is 9.10. The van der Waals surface area contributed by atoms with E-state index in [9.17, 15) is 9.59 Å². The van der Waals surface area contributed by atoms with Crippen LogP contribution in [0.3, 0.4) is 0 Å². The Morgan fingerprint density at radius 1 is 1.11 bits per heavy atom. The molecule has 1 aromatic heterocycles. The SMILES string of the molecule is COC(=O)C1=C(C(=O)OC)N(c2cccc(-c3c(Br)cnn3C)c2)C=CC=C1. The summed E-state index contributed by atoms with van der Waals surface area (Å²) in [6.45, 7) is 0. The normalized spacial score (nSPS) is 13.5. The Bertz CT molecular complexity index is 1000. The molecule has 7 nitrogen and oxygen atoms in total. The molecule has 144 valence electrons. The van der Waals surface area contributed by atoms with Gasteiger partial charge in [0.2, 0.25) is 0 Å². The molecule has 1 aromatic carbocycles. The van der Waals surface area contributed by atoms with Crippen molar-refractivity contribution in [1.82, 2.24) is 9.78 Å². The van der Waals surface area contributed by atoms with Gasteiger partial charge < -0.3 is 14.4 Å². The van der Waals surface area contributed by atoms with Crippen LogP contribution < -0.4 is 4.90 Å². The average Bonchev–Trinajstić information content (AvgIpc) is 2.92. The fourth-order valence-corrected chi connectivity index (χ4v) is 3.48. The van der Waals surface area contributed by atoms with Crippen molar-refractivity contribution < 1.29 is 19.1 Å². The van der Waals surface area contributed by atoms with E-state index in [-0.39, 0.29) is 11.3 Å². The molecule has 0 atom stereocenters. The highest BCUT2D eigenvalue weighted by Gasteiger charge is 2.27. The van der Waals surface area contributed by atoms with Gasteiger partial charge in [0.1, 0.15) is 5.70 Å². The van der Waals surface area contributed by atoms with E-state index in [0.29, 0.717) is 5.69 Å². The lowest BCUT2D eigenvalue weighted by atomic mass is 10.1. The molecule has 0 bridgehead atoms. The lowest BCUT2D eigenvalue weighted by molar-refractivity contribution is -0.139. The summed E-state index contributed by atoms with van der Waals surface area (Å²) in [5.41, 5.74) is 2.62. The van der Waals surface area contributed by atoms with Crippen LogP contribution in [0.2, 0.25) is 0 Å². The summed E-state index contributed by atoms with van der Waals surface area (Å²) in [6.07, 6.45) is 8.32. The fraction of sp³-hybridized carbons (Fsp3) is 0.150. The highest BCUT2D eigenvalue weighted by Crippen LogP contribution is 2.32. The number of carbonyl (C=O) groups is 2. The summed E-state index contributed by atoms with van der Waals surface area (Å²) in [7, 11) is 4.38. The number of hydrogen-bond acceptors (Lipinski definition) is 6. The van der Waals surface area contributed by atoms with Crippen LogP contribution in [0.15, 0.2) is 70.6 Å². The van der Waals surface area contributed by atoms with Crippen molar-refractivity contribution in [3.8, 4) is 11.3 Å². The van der Waals surface area contributed by atoms with E-state index in [4.69, 9.17) is 9.47 Å². The third kappa shape index (κ3) is 3.63. The van der Waals surface area contributed by atoms with Crippen molar-refractivity contribution in [3.05, 3.63) is 70.6 Å². The number of hydrogen-bond donors (Lipinski definition) is 0. The van der Waals surface area contributed by atoms with Gasteiger partial charge in [0, 0.05) is 24.5 Å². The van der Waals surface area contributed by atoms with Crippen LogP contribution in [-0.2, 0) is 26.1 Å². The zero-order chi connectivity index (χ0) is 20.3. The molecule has 0 aliphatic carbocycles. The largest absolute Gasteiger partial charge is 0.465 e. The van der Waals surface area contributed by atoms with E-state index in [2.05, 4.69) is 21.0 Å². The van der Waals surface area contributed by atoms with Crippen molar-refractivity contribution in [3.63, 3.8) is 0 Å². The van der Waals surface area contributed by atoms with Crippen LogP contribution in [-0.4, -0.2) is 35.9 Å². The summed E-state index contributed by atoms with van der Waals surface area (Å²) < 4.78 is 12.4. The maximum absolute atomic E-state index is 12.5.